The highest BCUT2D eigenvalue weighted by Crippen LogP contribution is 2.19. The molecular weight excluding hydrogens is 523 g/mol. The van der Waals surface area contributed by atoms with Crippen LogP contribution in [0.5, 0.6) is 5.75 Å². The van der Waals surface area contributed by atoms with Crippen LogP contribution >= 0.6 is 24.0 Å². The van der Waals surface area contributed by atoms with Gasteiger partial charge in [-0.1, -0.05) is 12.1 Å². The van der Waals surface area contributed by atoms with Crippen molar-refractivity contribution in [3.8, 4) is 5.75 Å². The fourth-order valence-electron chi connectivity index (χ4n) is 3.10. The SMILES string of the molecule is I.OC(CN=C(NCCc1ccco1)NCC1CCCO1)c1ccc(OC(F)F)cc1. The van der Waals surface area contributed by atoms with Gasteiger partial charge in [0.1, 0.15) is 11.5 Å². The number of alkyl halides is 2. The first-order valence-corrected chi connectivity index (χ1v) is 9.99. The van der Waals surface area contributed by atoms with Gasteiger partial charge in [-0.05, 0) is 42.7 Å². The van der Waals surface area contributed by atoms with Crippen molar-refractivity contribution in [2.75, 3.05) is 26.2 Å². The molecule has 2 unspecified atom stereocenters. The molecule has 0 bridgehead atoms. The number of aliphatic imine (C=N–C) groups is 1. The second-order valence-electron chi connectivity index (χ2n) is 6.92. The number of nitrogens with one attached hydrogen (secondary N) is 2. The van der Waals surface area contributed by atoms with Crippen molar-refractivity contribution >= 4 is 29.9 Å². The van der Waals surface area contributed by atoms with Crippen molar-refractivity contribution in [1.29, 1.82) is 0 Å². The highest BCUT2D eigenvalue weighted by Gasteiger charge is 2.16. The number of hydrogen-bond acceptors (Lipinski definition) is 5. The van der Waals surface area contributed by atoms with Crippen molar-refractivity contribution in [1.82, 2.24) is 10.6 Å². The summed E-state index contributed by atoms with van der Waals surface area (Å²) in [6.45, 7) is -0.760. The van der Waals surface area contributed by atoms with Gasteiger partial charge in [0.15, 0.2) is 5.96 Å². The lowest BCUT2D eigenvalue weighted by molar-refractivity contribution is -0.0498. The van der Waals surface area contributed by atoms with Crippen molar-refractivity contribution in [2.24, 2.45) is 4.99 Å². The van der Waals surface area contributed by atoms with E-state index in [0.717, 1.165) is 25.2 Å². The van der Waals surface area contributed by atoms with E-state index >= 15 is 0 Å². The molecule has 31 heavy (non-hydrogen) atoms. The molecule has 10 heteroatoms. The lowest BCUT2D eigenvalue weighted by atomic mass is 10.1. The maximum absolute atomic E-state index is 12.2. The van der Waals surface area contributed by atoms with Crippen LogP contribution in [-0.4, -0.2) is 50.0 Å². The third-order valence-electron chi connectivity index (χ3n) is 4.68. The number of furan rings is 1. The zero-order chi connectivity index (χ0) is 21.2. The summed E-state index contributed by atoms with van der Waals surface area (Å²) in [6.07, 6.45) is 3.65. The minimum absolute atomic E-state index is 0. The van der Waals surface area contributed by atoms with E-state index in [1.54, 1.807) is 18.4 Å². The van der Waals surface area contributed by atoms with Gasteiger partial charge in [-0.2, -0.15) is 8.78 Å². The van der Waals surface area contributed by atoms with Gasteiger partial charge in [0, 0.05) is 26.1 Å². The Balaban J connectivity index is 0.00000341. The number of hydrogen-bond donors (Lipinski definition) is 3. The minimum atomic E-state index is -2.88. The first-order valence-electron chi connectivity index (χ1n) is 9.99. The van der Waals surface area contributed by atoms with Gasteiger partial charge in [0.2, 0.25) is 0 Å². The number of nitrogens with zero attached hydrogens (tertiary/aromatic N) is 1. The average molecular weight is 551 g/mol. The maximum Gasteiger partial charge on any atom is 0.387 e. The van der Waals surface area contributed by atoms with Crippen LogP contribution in [0.4, 0.5) is 8.78 Å². The van der Waals surface area contributed by atoms with Gasteiger partial charge in [-0.3, -0.25) is 4.99 Å². The number of rotatable bonds is 10. The summed E-state index contributed by atoms with van der Waals surface area (Å²) in [5, 5.41) is 16.9. The molecule has 1 saturated heterocycles. The Morgan fingerprint density at radius 1 is 1.23 bits per heavy atom. The Kier molecular flexibility index (Phi) is 11.0. The summed E-state index contributed by atoms with van der Waals surface area (Å²) in [4.78, 5) is 4.46. The van der Waals surface area contributed by atoms with Gasteiger partial charge in [-0.15, -0.1) is 24.0 Å². The van der Waals surface area contributed by atoms with Crippen LogP contribution in [0.25, 0.3) is 0 Å². The first kappa shape index (κ1) is 25.3. The molecule has 2 aromatic rings. The Morgan fingerprint density at radius 2 is 2.03 bits per heavy atom. The van der Waals surface area contributed by atoms with Crippen molar-refractivity contribution < 1.29 is 27.8 Å². The predicted molar refractivity (Wildman–Crippen MR) is 123 cm³/mol. The fraction of sp³-hybridized carbons (Fsp3) is 0.476. The molecular formula is C21H28F2IN3O4. The van der Waals surface area contributed by atoms with Crippen LogP contribution in [0.3, 0.4) is 0 Å². The number of ether oxygens (including phenoxy) is 2. The standard InChI is InChI=1S/C21H27F2N3O4.HI/c22-20(23)30-17-7-5-15(6-8-17)19(27)14-26-21(25-13-18-4-2-12-29-18)24-10-9-16-3-1-11-28-16;/h1,3,5-8,11,18-20,27H,2,4,9-10,12-14H2,(H2,24,25,26);1H. The molecule has 2 atom stereocenters. The monoisotopic (exact) mass is 551 g/mol. The normalized spacial score (nSPS) is 17.3. The Bertz CT molecular complexity index is 769. The predicted octanol–water partition coefficient (Wildman–Crippen LogP) is 3.49. The molecule has 3 N–H and O–H groups in total. The summed E-state index contributed by atoms with van der Waals surface area (Å²) in [6, 6.07) is 9.63. The van der Waals surface area contributed by atoms with Crippen LogP contribution < -0.4 is 15.4 Å². The molecule has 1 fully saturated rings. The molecule has 0 saturated carbocycles. The summed E-state index contributed by atoms with van der Waals surface area (Å²) in [5.41, 5.74) is 0.564. The van der Waals surface area contributed by atoms with Gasteiger partial charge < -0.3 is 29.6 Å². The number of guanidine groups is 1. The lowest BCUT2D eigenvalue weighted by Gasteiger charge is -2.16. The minimum Gasteiger partial charge on any atom is -0.469 e. The molecule has 1 aliphatic heterocycles. The smallest absolute Gasteiger partial charge is 0.387 e. The summed E-state index contributed by atoms with van der Waals surface area (Å²) >= 11 is 0. The summed E-state index contributed by atoms with van der Waals surface area (Å²) < 4.78 is 39.8. The zero-order valence-electron chi connectivity index (χ0n) is 17.0. The summed E-state index contributed by atoms with van der Waals surface area (Å²) in [7, 11) is 0. The van der Waals surface area contributed by atoms with E-state index < -0.39 is 12.7 Å². The molecule has 0 amide bonds. The Hall–Kier alpha value is -1.92. The number of aliphatic hydroxyl groups is 1. The Labute approximate surface area is 197 Å². The van der Waals surface area contributed by atoms with Crippen molar-refractivity contribution in [2.45, 2.75) is 38.1 Å². The third kappa shape index (κ3) is 8.99. The molecule has 1 aromatic carbocycles. The van der Waals surface area contributed by atoms with Gasteiger partial charge in [0.05, 0.1) is 25.0 Å². The third-order valence-corrected chi connectivity index (χ3v) is 4.68. The van der Waals surface area contributed by atoms with Crippen LogP contribution in [-0.2, 0) is 11.2 Å². The first-order chi connectivity index (χ1) is 14.6. The molecule has 0 radical (unpaired) electrons. The van der Waals surface area contributed by atoms with E-state index in [4.69, 9.17) is 9.15 Å². The molecule has 0 aliphatic carbocycles. The summed E-state index contributed by atoms with van der Waals surface area (Å²) in [5.74, 6) is 1.48. The van der Waals surface area contributed by atoms with E-state index in [1.165, 1.54) is 12.1 Å². The van der Waals surface area contributed by atoms with E-state index in [1.807, 2.05) is 12.1 Å². The van der Waals surface area contributed by atoms with Crippen molar-refractivity contribution in [3.05, 3.63) is 54.0 Å². The number of benzene rings is 1. The van der Waals surface area contributed by atoms with Crippen LogP contribution in [0.2, 0.25) is 0 Å². The van der Waals surface area contributed by atoms with Gasteiger partial charge in [-0.25, -0.2) is 0 Å². The molecule has 2 heterocycles. The zero-order valence-corrected chi connectivity index (χ0v) is 19.3. The van der Waals surface area contributed by atoms with Crippen LogP contribution in [0, 0.1) is 0 Å². The molecule has 3 rings (SSSR count). The van der Waals surface area contributed by atoms with Crippen LogP contribution in [0.15, 0.2) is 52.1 Å². The molecule has 7 nitrogen and oxygen atoms in total. The molecule has 0 spiro atoms. The van der Waals surface area contributed by atoms with Gasteiger partial charge in [0.25, 0.3) is 0 Å². The maximum atomic E-state index is 12.2. The largest absolute Gasteiger partial charge is 0.469 e. The average Bonchev–Trinajstić information content (AvgIpc) is 3.43. The van der Waals surface area contributed by atoms with E-state index in [-0.39, 0.29) is 42.4 Å². The lowest BCUT2D eigenvalue weighted by Crippen LogP contribution is -2.42. The second kappa shape index (κ2) is 13.5. The van der Waals surface area contributed by atoms with E-state index in [9.17, 15) is 13.9 Å². The quantitative estimate of drug-likeness (QED) is 0.238. The number of aliphatic hydroxyl groups excluding tert-OH is 1. The van der Waals surface area contributed by atoms with Crippen molar-refractivity contribution in [3.63, 3.8) is 0 Å². The molecule has 1 aliphatic rings. The number of halogens is 3. The highest BCUT2D eigenvalue weighted by molar-refractivity contribution is 14.0. The van der Waals surface area contributed by atoms with E-state index in [2.05, 4.69) is 20.4 Å². The molecule has 1 aromatic heterocycles. The van der Waals surface area contributed by atoms with Gasteiger partial charge >= 0.3 is 6.61 Å². The highest BCUT2D eigenvalue weighted by atomic mass is 127. The van der Waals surface area contributed by atoms with E-state index in [0.29, 0.717) is 31.0 Å². The molecule has 172 valence electrons. The van der Waals surface area contributed by atoms with Crippen LogP contribution in [0.1, 0.15) is 30.3 Å². The second-order valence-corrected chi connectivity index (χ2v) is 6.92. The topological polar surface area (TPSA) is 88.3 Å². The Morgan fingerprint density at radius 3 is 2.68 bits per heavy atom. The fourth-order valence-corrected chi connectivity index (χ4v) is 3.10.